The first kappa shape index (κ1) is 15.2. The van der Waals surface area contributed by atoms with Gasteiger partial charge in [-0.3, -0.25) is 9.59 Å². The quantitative estimate of drug-likeness (QED) is 0.391. The number of hydrogen-bond donors (Lipinski definition) is 2. The van der Waals surface area contributed by atoms with Crippen molar-refractivity contribution in [3.05, 3.63) is 59.7 Å². The molecule has 0 radical (unpaired) electrons. The highest BCUT2D eigenvalue weighted by Crippen LogP contribution is 2.16. The number of hydrazone groups is 1. The zero-order valence-electron chi connectivity index (χ0n) is 11.8. The van der Waals surface area contributed by atoms with E-state index in [0.29, 0.717) is 11.3 Å². The minimum absolute atomic E-state index is 0.118. The molecule has 2 N–H and O–H groups in total. The van der Waals surface area contributed by atoms with Crippen LogP contribution in [0.15, 0.2) is 53.6 Å². The van der Waals surface area contributed by atoms with Crippen LogP contribution in [0.25, 0.3) is 0 Å². The predicted octanol–water partition coefficient (Wildman–Crippen LogP) is 2.08. The molecule has 22 heavy (non-hydrogen) atoms. The molecule has 6 nitrogen and oxygen atoms in total. The summed E-state index contributed by atoms with van der Waals surface area (Å²) in [6.07, 6.45) is 1.36. The number of para-hydroxylation sites is 2. The number of nitrogens with one attached hydrogen (secondary N) is 1. The van der Waals surface area contributed by atoms with Crippen LogP contribution >= 0.6 is 0 Å². The van der Waals surface area contributed by atoms with E-state index in [-0.39, 0.29) is 11.3 Å². The van der Waals surface area contributed by atoms with E-state index in [1.165, 1.54) is 25.3 Å². The fraction of sp³-hybridized carbons (Fsp3) is 0.0625. The molecule has 0 unspecified atom stereocenters. The van der Waals surface area contributed by atoms with Crippen LogP contribution in [-0.2, 0) is 4.79 Å². The van der Waals surface area contributed by atoms with Crippen molar-refractivity contribution in [2.75, 3.05) is 0 Å². The Balaban J connectivity index is 2.09. The number of carbonyl (C=O) groups is 2. The maximum atomic E-state index is 11.8. The molecule has 6 heteroatoms. The molecular formula is C16H14N2O4. The number of rotatable bonds is 4. The maximum Gasteiger partial charge on any atom is 0.308 e. The third-order valence-corrected chi connectivity index (χ3v) is 2.69. The summed E-state index contributed by atoms with van der Waals surface area (Å²) < 4.78 is 5.02. The van der Waals surface area contributed by atoms with Crippen LogP contribution in [0.5, 0.6) is 11.5 Å². The average molecular weight is 298 g/mol. The standard InChI is InChI=1S/C16H14N2O4/c1-11(19)22-15-9-5-2-6-12(15)10-17-18-16(21)13-7-3-4-8-14(13)20/h2-10,20H,1H3,(H,18,21)/b17-10+. The Labute approximate surface area is 127 Å². The van der Waals surface area contributed by atoms with Crippen LogP contribution in [-0.4, -0.2) is 23.2 Å². The van der Waals surface area contributed by atoms with Crippen molar-refractivity contribution < 1.29 is 19.4 Å². The second-order valence-electron chi connectivity index (χ2n) is 4.35. The summed E-state index contributed by atoms with van der Waals surface area (Å²) in [7, 11) is 0. The molecule has 0 aliphatic heterocycles. The van der Waals surface area contributed by atoms with Gasteiger partial charge in [0.15, 0.2) is 0 Å². The SMILES string of the molecule is CC(=O)Oc1ccccc1/C=N/NC(=O)c1ccccc1O. The van der Waals surface area contributed by atoms with E-state index in [2.05, 4.69) is 10.5 Å². The van der Waals surface area contributed by atoms with Crippen molar-refractivity contribution >= 4 is 18.1 Å². The second-order valence-corrected chi connectivity index (χ2v) is 4.35. The average Bonchev–Trinajstić information content (AvgIpc) is 2.49. The highest BCUT2D eigenvalue weighted by atomic mass is 16.5. The van der Waals surface area contributed by atoms with E-state index in [0.717, 1.165) is 0 Å². The fourth-order valence-corrected chi connectivity index (χ4v) is 1.72. The summed E-state index contributed by atoms with van der Waals surface area (Å²) in [6.45, 7) is 1.30. The van der Waals surface area contributed by atoms with Gasteiger partial charge in [0.2, 0.25) is 0 Å². The molecule has 0 spiro atoms. The molecule has 0 aliphatic carbocycles. The van der Waals surface area contributed by atoms with Gasteiger partial charge in [0.25, 0.3) is 5.91 Å². The Morgan fingerprint density at radius 1 is 1.14 bits per heavy atom. The van der Waals surface area contributed by atoms with Gasteiger partial charge in [-0.1, -0.05) is 24.3 Å². The molecule has 2 aromatic carbocycles. The summed E-state index contributed by atoms with van der Waals surface area (Å²) in [6, 6.07) is 12.9. The Kier molecular flexibility index (Phi) is 4.87. The highest BCUT2D eigenvalue weighted by Gasteiger charge is 2.09. The molecule has 0 aromatic heterocycles. The number of phenolic OH excluding ortho intramolecular Hbond substituents is 1. The summed E-state index contributed by atoms with van der Waals surface area (Å²) >= 11 is 0. The summed E-state index contributed by atoms with van der Waals surface area (Å²) in [5, 5.41) is 13.4. The minimum atomic E-state index is -0.542. The Hall–Kier alpha value is -3.15. The number of amides is 1. The van der Waals surface area contributed by atoms with Crippen LogP contribution in [0.3, 0.4) is 0 Å². The lowest BCUT2D eigenvalue weighted by atomic mass is 10.2. The van der Waals surface area contributed by atoms with Crippen LogP contribution in [0.2, 0.25) is 0 Å². The number of aromatic hydroxyl groups is 1. The molecule has 0 bridgehead atoms. The number of benzene rings is 2. The van der Waals surface area contributed by atoms with E-state index < -0.39 is 11.9 Å². The molecule has 2 aromatic rings. The fourth-order valence-electron chi connectivity index (χ4n) is 1.72. The number of phenols is 1. The van der Waals surface area contributed by atoms with Crippen LogP contribution in [0.4, 0.5) is 0 Å². The first-order chi connectivity index (χ1) is 10.6. The van der Waals surface area contributed by atoms with Gasteiger partial charge in [0, 0.05) is 12.5 Å². The molecule has 0 saturated carbocycles. The van der Waals surface area contributed by atoms with E-state index >= 15 is 0 Å². The molecule has 0 heterocycles. The van der Waals surface area contributed by atoms with Crippen molar-refractivity contribution in [1.29, 1.82) is 0 Å². The number of nitrogens with zero attached hydrogens (tertiary/aromatic N) is 1. The predicted molar refractivity (Wildman–Crippen MR) is 80.9 cm³/mol. The molecule has 1 amide bonds. The molecule has 112 valence electrons. The molecular weight excluding hydrogens is 284 g/mol. The van der Waals surface area contributed by atoms with Crippen molar-refractivity contribution in [2.45, 2.75) is 6.92 Å². The zero-order chi connectivity index (χ0) is 15.9. The third-order valence-electron chi connectivity index (χ3n) is 2.69. The van der Waals surface area contributed by atoms with Crippen molar-refractivity contribution in [3.63, 3.8) is 0 Å². The van der Waals surface area contributed by atoms with Crippen molar-refractivity contribution in [2.24, 2.45) is 5.10 Å². The number of carbonyl (C=O) groups excluding carboxylic acids is 2. The van der Waals surface area contributed by atoms with Gasteiger partial charge in [-0.2, -0.15) is 5.10 Å². The normalized spacial score (nSPS) is 10.4. The second kappa shape index (κ2) is 7.03. The van der Waals surface area contributed by atoms with Crippen LogP contribution in [0.1, 0.15) is 22.8 Å². The summed E-state index contributed by atoms with van der Waals surface area (Å²) in [5.74, 6) is -0.774. The minimum Gasteiger partial charge on any atom is -0.507 e. The van der Waals surface area contributed by atoms with E-state index in [1.54, 1.807) is 36.4 Å². The lowest BCUT2D eigenvalue weighted by Crippen LogP contribution is -2.17. The van der Waals surface area contributed by atoms with Gasteiger partial charge in [0.05, 0.1) is 11.8 Å². The molecule has 0 atom stereocenters. The number of ether oxygens (including phenoxy) is 1. The third kappa shape index (κ3) is 3.92. The van der Waals surface area contributed by atoms with Gasteiger partial charge < -0.3 is 9.84 Å². The lowest BCUT2D eigenvalue weighted by molar-refractivity contribution is -0.131. The molecule has 0 saturated heterocycles. The summed E-state index contributed by atoms with van der Waals surface area (Å²) in [5.41, 5.74) is 2.95. The largest absolute Gasteiger partial charge is 0.507 e. The highest BCUT2D eigenvalue weighted by molar-refractivity contribution is 5.97. The van der Waals surface area contributed by atoms with Gasteiger partial charge >= 0.3 is 5.97 Å². The molecule has 2 rings (SSSR count). The maximum absolute atomic E-state index is 11.8. The van der Waals surface area contributed by atoms with Crippen molar-refractivity contribution in [3.8, 4) is 11.5 Å². The smallest absolute Gasteiger partial charge is 0.308 e. The Morgan fingerprint density at radius 2 is 1.82 bits per heavy atom. The number of esters is 1. The Morgan fingerprint density at radius 3 is 2.55 bits per heavy atom. The van der Waals surface area contributed by atoms with Gasteiger partial charge in [-0.25, -0.2) is 5.43 Å². The monoisotopic (exact) mass is 298 g/mol. The lowest BCUT2D eigenvalue weighted by Gasteiger charge is -2.05. The van der Waals surface area contributed by atoms with Crippen LogP contribution in [0, 0.1) is 0 Å². The van der Waals surface area contributed by atoms with E-state index in [9.17, 15) is 14.7 Å². The van der Waals surface area contributed by atoms with Crippen molar-refractivity contribution in [1.82, 2.24) is 5.43 Å². The number of hydrogen-bond acceptors (Lipinski definition) is 5. The zero-order valence-corrected chi connectivity index (χ0v) is 11.8. The topological polar surface area (TPSA) is 88.0 Å². The van der Waals surface area contributed by atoms with Gasteiger partial charge in [-0.05, 0) is 24.3 Å². The van der Waals surface area contributed by atoms with Gasteiger partial charge in [-0.15, -0.1) is 0 Å². The van der Waals surface area contributed by atoms with Gasteiger partial charge in [0.1, 0.15) is 11.5 Å². The molecule has 0 fully saturated rings. The Bertz CT molecular complexity index is 726. The molecule has 0 aliphatic rings. The first-order valence-corrected chi connectivity index (χ1v) is 6.47. The summed E-state index contributed by atoms with van der Waals surface area (Å²) in [4.78, 5) is 22.9. The first-order valence-electron chi connectivity index (χ1n) is 6.47. The van der Waals surface area contributed by atoms with E-state index in [1.807, 2.05) is 0 Å². The van der Waals surface area contributed by atoms with Crippen LogP contribution < -0.4 is 10.2 Å². The van der Waals surface area contributed by atoms with E-state index in [4.69, 9.17) is 4.74 Å².